The van der Waals surface area contributed by atoms with E-state index >= 15 is 0 Å². The first-order chi connectivity index (χ1) is 13.0. The number of H-pyrrole nitrogens is 1. The summed E-state index contributed by atoms with van der Waals surface area (Å²) in [6.07, 6.45) is 1.64. The number of aromatic nitrogens is 3. The van der Waals surface area contributed by atoms with E-state index in [0.29, 0.717) is 34.1 Å². The highest BCUT2D eigenvalue weighted by molar-refractivity contribution is 5.88. The van der Waals surface area contributed by atoms with E-state index in [0.717, 1.165) is 5.56 Å². The first kappa shape index (κ1) is 16.7. The van der Waals surface area contributed by atoms with Crippen molar-refractivity contribution in [3.8, 4) is 33.9 Å². The van der Waals surface area contributed by atoms with Crippen LogP contribution in [0.1, 0.15) is 16.1 Å². The topological polar surface area (TPSA) is 92.0 Å². The van der Waals surface area contributed by atoms with E-state index < -0.39 is 5.97 Å². The molecule has 2 aromatic heterocycles. The van der Waals surface area contributed by atoms with Crippen LogP contribution in [0.15, 0.2) is 59.3 Å². The van der Waals surface area contributed by atoms with Gasteiger partial charge in [-0.15, -0.1) is 0 Å². The molecule has 0 saturated heterocycles. The third kappa shape index (κ3) is 3.10. The van der Waals surface area contributed by atoms with Crippen molar-refractivity contribution in [2.45, 2.75) is 6.92 Å². The van der Waals surface area contributed by atoms with Crippen molar-refractivity contribution >= 4 is 5.97 Å². The second-order valence-electron chi connectivity index (χ2n) is 6.00. The zero-order valence-electron chi connectivity index (χ0n) is 14.2. The molecule has 6 nitrogen and oxygen atoms in total. The molecule has 2 N–H and O–H groups in total. The number of halogens is 1. The first-order valence-electron chi connectivity index (χ1n) is 8.14. The number of hydrogen-bond acceptors (Lipinski definition) is 4. The minimum absolute atomic E-state index is 0.203. The number of carbonyl (C=O) groups is 1. The van der Waals surface area contributed by atoms with Gasteiger partial charge in [-0.3, -0.25) is 0 Å². The number of rotatable bonds is 4. The molecule has 134 valence electrons. The Morgan fingerprint density at radius 1 is 1.15 bits per heavy atom. The number of aromatic carboxylic acids is 1. The summed E-state index contributed by atoms with van der Waals surface area (Å²) in [5.74, 6) is -0.192. The number of aryl methyl sites for hydroxylation is 1. The zero-order valence-corrected chi connectivity index (χ0v) is 14.2. The molecule has 4 aromatic rings. The van der Waals surface area contributed by atoms with Gasteiger partial charge in [0.25, 0.3) is 0 Å². The molecule has 27 heavy (non-hydrogen) atoms. The van der Waals surface area contributed by atoms with Gasteiger partial charge in [-0.2, -0.15) is 0 Å². The Balaban J connectivity index is 1.74. The van der Waals surface area contributed by atoms with Crippen LogP contribution in [-0.2, 0) is 0 Å². The lowest BCUT2D eigenvalue weighted by molar-refractivity contribution is 0.0697. The molecule has 7 heteroatoms. The van der Waals surface area contributed by atoms with E-state index in [1.807, 2.05) is 0 Å². The number of nitrogens with zero attached hydrogens (tertiary/aromatic N) is 2. The fraction of sp³-hybridized carbons (Fsp3) is 0.0500. The third-order valence-corrected chi connectivity index (χ3v) is 4.21. The van der Waals surface area contributed by atoms with Gasteiger partial charge in [0, 0.05) is 11.1 Å². The molecule has 0 atom stereocenters. The van der Waals surface area contributed by atoms with Gasteiger partial charge >= 0.3 is 5.97 Å². The maximum atomic E-state index is 13.6. The van der Waals surface area contributed by atoms with E-state index in [4.69, 9.17) is 9.63 Å². The minimum Gasteiger partial charge on any atom is -0.478 e. The number of aromatic amines is 1. The maximum Gasteiger partial charge on any atom is 0.335 e. The van der Waals surface area contributed by atoms with Crippen molar-refractivity contribution in [2.75, 3.05) is 0 Å². The van der Waals surface area contributed by atoms with Crippen molar-refractivity contribution in [2.24, 2.45) is 0 Å². The van der Waals surface area contributed by atoms with E-state index in [-0.39, 0.29) is 11.4 Å². The van der Waals surface area contributed by atoms with E-state index in [2.05, 4.69) is 15.1 Å². The SMILES string of the molecule is Cc1onc(-c2cccc(F)c2)c1-c1cnc(-c2ccc(C(=O)O)cc2)[nH]1. The number of benzene rings is 2. The monoisotopic (exact) mass is 363 g/mol. The average molecular weight is 363 g/mol. The molecule has 0 aliphatic rings. The highest BCUT2D eigenvalue weighted by Gasteiger charge is 2.19. The lowest BCUT2D eigenvalue weighted by Crippen LogP contribution is -1.95. The first-order valence-corrected chi connectivity index (χ1v) is 8.14. The molecule has 0 saturated carbocycles. The van der Waals surface area contributed by atoms with Crippen LogP contribution in [-0.4, -0.2) is 26.2 Å². The van der Waals surface area contributed by atoms with E-state index in [1.165, 1.54) is 24.3 Å². The van der Waals surface area contributed by atoms with E-state index in [9.17, 15) is 9.18 Å². The predicted molar refractivity (Wildman–Crippen MR) is 96.6 cm³/mol. The molecule has 0 aliphatic carbocycles. The van der Waals surface area contributed by atoms with Gasteiger partial charge in [-0.1, -0.05) is 29.4 Å². The number of carboxylic acid groups (broad SMARTS) is 1. The normalized spacial score (nSPS) is 10.9. The van der Waals surface area contributed by atoms with Crippen LogP contribution in [0.5, 0.6) is 0 Å². The summed E-state index contributed by atoms with van der Waals surface area (Å²) in [7, 11) is 0. The smallest absolute Gasteiger partial charge is 0.335 e. The molecular weight excluding hydrogens is 349 g/mol. The van der Waals surface area contributed by atoms with Crippen LogP contribution in [0, 0.1) is 12.7 Å². The molecular formula is C20H14FN3O3. The molecule has 0 bridgehead atoms. The van der Waals surface area contributed by atoms with Gasteiger partial charge in [0.15, 0.2) is 0 Å². The van der Waals surface area contributed by atoms with Gasteiger partial charge < -0.3 is 14.6 Å². The van der Waals surface area contributed by atoms with Gasteiger partial charge in [-0.25, -0.2) is 14.2 Å². The Morgan fingerprint density at radius 3 is 2.63 bits per heavy atom. The Hall–Kier alpha value is -3.74. The molecule has 2 aromatic carbocycles. The van der Waals surface area contributed by atoms with Gasteiger partial charge in [0.1, 0.15) is 23.1 Å². The van der Waals surface area contributed by atoms with Crippen LogP contribution in [0.3, 0.4) is 0 Å². The lowest BCUT2D eigenvalue weighted by Gasteiger charge is -2.01. The Morgan fingerprint density at radius 2 is 1.93 bits per heavy atom. The van der Waals surface area contributed by atoms with Crippen molar-refractivity contribution in [3.05, 3.63) is 71.9 Å². The van der Waals surface area contributed by atoms with Gasteiger partial charge in [0.2, 0.25) is 0 Å². The summed E-state index contributed by atoms with van der Waals surface area (Å²) >= 11 is 0. The average Bonchev–Trinajstić information content (AvgIpc) is 3.28. The van der Waals surface area contributed by atoms with Crippen molar-refractivity contribution in [1.29, 1.82) is 0 Å². The zero-order chi connectivity index (χ0) is 19.0. The van der Waals surface area contributed by atoms with Crippen molar-refractivity contribution in [3.63, 3.8) is 0 Å². The fourth-order valence-corrected chi connectivity index (χ4v) is 2.89. The Bertz CT molecular complexity index is 1130. The maximum absolute atomic E-state index is 13.6. The third-order valence-electron chi connectivity index (χ3n) is 4.21. The highest BCUT2D eigenvalue weighted by atomic mass is 19.1. The van der Waals surface area contributed by atoms with Crippen LogP contribution < -0.4 is 0 Å². The summed E-state index contributed by atoms with van der Waals surface area (Å²) in [5, 5.41) is 13.1. The standard InChI is InChI=1S/C20H14FN3O3/c1-11-17(18(24-27-11)14-3-2-4-15(21)9-14)16-10-22-19(23-16)12-5-7-13(8-6-12)20(25)26/h2-10H,1H3,(H,22,23)(H,25,26). The molecule has 0 aliphatic heterocycles. The Labute approximate surface area is 153 Å². The summed E-state index contributed by atoms with van der Waals surface area (Å²) in [6.45, 7) is 1.77. The largest absolute Gasteiger partial charge is 0.478 e. The number of nitrogens with one attached hydrogen (secondary N) is 1. The molecule has 0 amide bonds. The fourth-order valence-electron chi connectivity index (χ4n) is 2.89. The highest BCUT2D eigenvalue weighted by Crippen LogP contribution is 2.34. The van der Waals surface area contributed by atoms with Crippen molar-refractivity contribution in [1.82, 2.24) is 15.1 Å². The molecule has 4 rings (SSSR count). The minimum atomic E-state index is -0.985. The van der Waals surface area contributed by atoms with Gasteiger partial charge in [-0.05, 0) is 31.2 Å². The summed E-state index contributed by atoms with van der Waals surface area (Å²) in [6, 6.07) is 12.5. The van der Waals surface area contributed by atoms with Crippen LogP contribution in [0.2, 0.25) is 0 Å². The quantitative estimate of drug-likeness (QED) is 0.555. The summed E-state index contributed by atoms with van der Waals surface area (Å²) < 4.78 is 18.9. The molecule has 0 spiro atoms. The number of carboxylic acids is 1. The second-order valence-corrected chi connectivity index (χ2v) is 6.00. The summed E-state index contributed by atoms with van der Waals surface area (Å²) in [5.41, 5.74) is 3.43. The second kappa shape index (κ2) is 6.53. The predicted octanol–water partition coefficient (Wildman–Crippen LogP) is 4.54. The molecule has 0 unspecified atom stereocenters. The van der Waals surface area contributed by atoms with Crippen molar-refractivity contribution < 1.29 is 18.8 Å². The van der Waals surface area contributed by atoms with Gasteiger partial charge in [0.05, 0.1) is 23.0 Å². The molecule has 2 heterocycles. The Kier molecular flexibility index (Phi) is 4.04. The lowest BCUT2D eigenvalue weighted by atomic mass is 10.0. The van der Waals surface area contributed by atoms with Crippen LogP contribution in [0.25, 0.3) is 33.9 Å². The van der Waals surface area contributed by atoms with E-state index in [1.54, 1.807) is 37.4 Å². The van der Waals surface area contributed by atoms with Crippen LogP contribution in [0.4, 0.5) is 4.39 Å². The molecule has 0 fully saturated rings. The summed E-state index contributed by atoms with van der Waals surface area (Å²) in [4.78, 5) is 18.5. The van der Waals surface area contributed by atoms with Crippen LogP contribution >= 0.6 is 0 Å². The number of hydrogen-bond donors (Lipinski definition) is 2. The molecule has 0 radical (unpaired) electrons. The number of imidazole rings is 1.